The molecule has 0 aliphatic carbocycles. The molecule has 0 bridgehead atoms. The summed E-state index contributed by atoms with van der Waals surface area (Å²) >= 11 is 0. The zero-order valence-corrected chi connectivity index (χ0v) is 10.7. The third kappa shape index (κ3) is 1.86. The summed E-state index contributed by atoms with van der Waals surface area (Å²) < 4.78 is 25.0. The van der Waals surface area contributed by atoms with E-state index in [0.29, 0.717) is 4.31 Å². The standard InChI is InChI=1S/C11H12N2O4S/c1-7-3-5-9(6-4-7)18(16,17)13-8(2)10(14)12-11(13)15/h3-6,8H,1-2H3,(H,12,14,15). The van der Waals surface area contributed by atoms with E-state index < -0.39 is 28.0 Å². The number of hydrogen-bond donors (Lipinski definition) is 1. The van der Waals surface area contributed by atoms with Crippen molar-refractivity contribution in [3.63, 3.8) is 0 Å². The van der Waals surface area contributed by atoms with Crippen molar-refractivity contribution in [1.29, 1.82) is 0 Å². The minimum absolute atomic E-state index is 0.00944. The van der Waals surface area contributed by atoms with Crippen LogP contribution in [0.2, 0.25) is 0 Å². The van der Waals surface area contributed by atoms with Gasteiger partial charge in [-0.1, -0.05) is 17.7 Å². The number of aryl methyl sites for hydroxylation is 1. The molecule has 7 heteroatoms. The molecule has 0 radical (unpaired) electrons. The summed E-state index contributed by atoms with van der Waals surface area (Å²) in [7, 11) is -3.99. The summed E-state index contributed by atoms with van der Waals surface area (Å²) in [5, 5.41) is 1.97. The highest BCUT2D eigenvalue weighted by molar-refractivity contribution is 7.89. The van der Waals surface area contributed by atoms with Crippen molar-refractivity contribution >= 4 is 22.0 Å². The number of carbonyl (C=O) groups excluding carboxylic acids is 2. The number of urea groups is 1. The lowest BCUT2D eigenvalue weighted by atomic mass is 10.2. The smallest absolute Gasteiger partial charge is 0.275 e. The quantitative estimate of drug-likeness (QED) is 0.797. The first kappa shape index (κ1) is 12.6. The molecule has 1 saturated heterocycles. The molecule has 2 rings (SSSR count). The van der Waals surface area contributed by atoms with E-state index in [9.17, 15) is 18.0 Å². The van der Waals surface area contributed by atoms with Crippen LogP contribution in [0.25, 0.3) is 0 Å². The average molecular weight is 268 g/mol. The van der Waals surface area contributed by atoms with Gasteiger partial charge in [-0.3, -0.25) is 10.1 Å². The summed E-state index contributed by atoms with van der Waals surface area (Å²) in [5.41, 5.74) is 0.906. The van der Waals surface area contributed by atoms with Crippen molar-refractivity contribution in [3.05, 3.63) is 29.8 Å². The molecule has 1 heterocycles. The average Bonchev–Trinajstić information content (AvgIpc) is 2.54. The van der Waals surface area contributed by atoms with Crippen LogP contribution in [0.15, 0.2) is 29.2 Å². The number of nitrogens with zero attached hydrogens (tertiary/aromatic N) is 1. The zero-order valence-electron chi connectivity index (χ0n) is 9.88. The fraction of sp³-hybridized carbons (Fsp3) is 0.273. The van der Waals surface area contributed by atoms with E-state index in [-0.39, 0.29) is 4.90 Å². The molecule has 96 valence electrons. The van der Waals surface area contributed by atoms with Gasteiger partial charge in [-0.25, -0.2) is 17.5 Å². The third-order valence-electron chi connectivity index (χ3n) is 2.74. The topological polar surface area (TPSA) is 83.6 Å². The Hall–Kier alpha value is -1.89. The van der Waals surface area contributed by atoms with E-state index in [2.05, 4.69) is 0 Å². The summed E-state index contributed by atoms with van der Waals surface area (Å²) in [5.74, 6) is -0.615. The molecule has 1 unspecified atom stereocenters. The molecule has 0 spiro atoms. The molecule has 1 N–H and O–H groups in total. The minimum atomic E-state index is -3.99. The highest BCUT2D eigenvalue weighted by atomic mass is 32.2. The zero-order chi connectivity index (χ0) is 13.5. The van der Waals surface area contributed by atoms with Crippen molar-refractivity contribution in [2.24, 2.45) is 0 Å². The predicted octanol–water partition coefficient (Wildman–Crippen LogP) is 0.624. The van der Waals surface area contributed by atoms with Crippen LogP contribution in [-0.2, 0) is 14.8 Å². The van der Waals surface area contributed by atoms with Gasteiger partial charge in [0.1, 0.15) is 6.04 Å². The van der Waals surface area contributed by atoms with E-state index in [4.69, 9.17) is 0 Å². The van der Waals surface area contributed by atoms with Crippen LogP contribution in [0.3, 0.4) is 0 Å². The Morgan fingerprint density at radius 2 is 1.72 bits per heavy atom. The van der Waals surface area contributed by atoms with Crippen LogP contribution in [-0.4, -0.2) is 30.7 Å². The number of amides is 3. The first-order chi connectivity index (χ1) is 8.34. The molecule has 1 atom stereocenters. The first-order valence-corrected chi connectivity index (χ1v) is 6.74. The van der Waals surface area contributed by atoms with E-state index in [1.807, 2.05) is 12.2 Å². The van der Waals surface area contributed by atoms with Crippen molar-refractivity contribution < 1.29 is 18.0 Å². The molecule has 0 aromatic heterocycles. The Labute approximate surface area is 105 Å². The highest BCUT2D eigenvalue weighted by Gasteiger charge is 2.43. The number of hydrogen-bond acceptors (Lipinski definition) is 4. The lowest BCUT2D eigenvalue weighted by Crippen LogP contribution is -2.38. The Morgan fingerprint density at radius 3 is 2.17 bits per heavy atom. The van der Waals surface area contributed by atoms with Gasteiger partial charge >= 0.3 is 6.03 Å². The second-order valence-electron chi connectivity index (χ2n) is 4.08. The van der Waals surface area contributed by atoms with E-state index >= 15 is 0 Å². The van der Waals surface area contributed by atoms with E-state index in [0.717, 1.165) is 5.56 Å². The van der Waals surface area contributed by atoms with Crippen molar-refractivity contribution in [1.82, 2.24) is 9.62 Å². The molecule has 1 aliphatic heterocycles. The molecule has 3 amide bonds. The largest absolute Gasteiger partial charge is 0.338 e. The normalized spacial score (nSPS) is 20.1. The number of rotatable bonds is 2. The number of nitrogens with one attached hydrogen (secondary N) is 1. The molecule has 6 nitrogen and oxygen atoms in total. The summed E-state index contributed by atoms with van der Waals surface area (Å²) in [6.07, 6.45) is 0. The molecular weight excluding hydrogens is 256 g/mol. The predicted molar refractivity (Wildman–Crippen MR) is 63.2 cm³/mol. The lowest BCUT2D eigenvalue weighted by Gasteiger charge is -2.18. The van der Waals surface area contributed by atoms with Gasteiger partial charge in [0.25, 0.3) is 15.9 Å². The summed E-state index contributed by atoms with van der Waals surface area (Å²) in [4.78, 5) is 22.8. The second-order valence-corrected chi connectivity index (χ2v) is 5.90. The highest BCUT2D eigenvalue weighted by Crippen LogP contribution is 2.21. The second kappa shape index (κ2) is 4.09. The van der Waals surface area contributed by atoms with Gasteiger partial charge in [0, 0.05) is 0 Å². The molecule has 1 aromatic rings. The SMILES string of the molecule is Cc1ccc(S(=O)(=O)N2C(=O)NC(=O)C2C)cc1. The third-order valence-corrected chi connectivity index (χ3v) is 4.61. The number of imide groups is 1. The van der Waals surface area contributed by atoms with Gasteiger partial charge in [-0.05, 0) is 26.0 Å². The van der Waals surface area contributed by atoms with Gasteiger partial charge in [0.2, 0.25) is 0 Å². The monoisotopic (exact) mass is 268 g/mol. The van der Waals surface area contributed by atoms with Crippen LogP contribution >= 0.6 is 0 Å². The van der Waals surface area contributed by atoms with Gasteiger partial charge in [0.05, 0.1) is 4.90 Å². The first-order valence-electron chi connectivity index (χ1n) is 5.30. The van der Waals surface area contributed by atoms with E-state index in [1.165, 1.54) is 19.1 Å². The van der Waals surface area contributed by atoms with Crippen LogP contribution in [0, 0.1) is 6.92 Å². The van der Waals surface area contributed by atoms with Crippen LogP contribution in [0.1, 0.15) is 12.5 Å². The van der Waals surface area contributed by atoms with Crippen molar-refractivity contribution in [2.75, 3.05) is 0 Å². The maximum Gasteiger partial charge on any atom is 0.338 e. The lowest BCUT2D eigenvalue weighted by molar-refractivity contribution is -0.120. The Kier molecular flexibility index (Phi) is 2.86. The molecule has 1 aromatic carbocycles. The van der Waals surface area contributed by atoms with Gasteiger partial charge < -0.3 is 0 Å². The molecule has 0 saturated carbocycles. The Bertz CT molecular complexity index is 606. The fourth-order valence-electron chi connectivity index (χ4n) is 1.69. The van der Waals surface area contributed by atoms with Crippen LogP contribution < -0.4 is 5.32 Å². The Balaban J connectivity index is 2.46. The molecule has 1 aliphatic rings. The van der Waals surface area contributed by atoms with Gasteiger partial charge in [-0.2, -0.15) is 0 Å². The summed E-state index contributed by atoms with van der Waals surface area (Å²) in [6, 6.07) is 4.15. The maximum atomic E-state index is 12.2. The summed E-state index contributed by atoms with van der Waals surface area (Å²) in [6.45, 7) is 3.19. The minimum Gasteiger partial charge on any atom is -0.275 e. The number of carbonyl (C=O) groups is 2. The maximum absolute atomic E-state index is 12.2. The van der Waals surface area contributed by atoms with Gasteiger partial charge in [-0.15, -0.1) is 0 Å². The van der Waals surface area contributed by atoms with E-state index in [1.54, 1.807) is 12.1 Å². The van der Waals surface area contributed by atoms with Crippen LogP contribution in [0.4, 0.5) is 4.79 Å². The molecule has 1 fully saturated rings. The molecule has 18 heavy (non-hydrogen) atoms. The molecular formula is C11H12N2O4S. The number of sulfonamides is 1. The van der Waals surface area contributed by atoms with Crippen molar-refractivity contribution in [3.8, 4) is 0 Å². The number of benzene rings is 1. The fourth-order valence-corrected chi connectivity index (χ4v) is 3.17. The van der Waals surface area contributed by atoms with Crippen molar-refractivity contribution in [2.45, 2.75) is 24.8 Å². The Morgan fingerprint density at radius 1 is 1.17 bits per heavy atom. The van der Waals surface area contributed by atoms with Gasteiger partial charge in [0.15, 0.2) is 0 Å². The van der Waals surface area contributed by atoms with Crippen LogP contribution in [0.5, 0.6) is 0 Å².